The molecular formula is C11H11FO3. The van der Waals surface area contributed by atoms with Gasteiger partial charge in [-0.3, -0.25) is 4.79 Å². The highest BCUT2D eigenvalue weighted by atomic mass is 19.1. The molecule has 0 amide bonds. The Bertz CT molecular complexity index is 357. The second-order valence-corrected chi connectivity index (χ2v) is 3.66. The summed E-state index contributed by atoms with van der Waals surface area (Å²) in [4.78, 5) is 11.1. The molecule has 1 aliphatic heterocycles. The molecule has 0 saturated carbocycles. The van der Waals surface area contributed by atoms with E-state index in [9.17, 15) is 9.18 Å². The minimum Gasteiger partial charge on any atom is -0.481 e. The van der Waals surface area contributed by atoms with Gasteiger partial charge in [-0.05, 0) is 17.7 Å². The molecule has 1 aromatic rings. The van der Waals surface area contributed by atoms with Crippen LogP contribution in [0.1, 0.15) is 11.5 Å². The predicted molar refractivity (Wildman–Crippen MR) is 51.1 cm³/mol. The molecule has 0 bridgehead atoms. The lowest BCUT2D eigenvalue weighted by Crippen LogP contribution is -2.36. The van der Waals surface area contributed by atoms with Crippen molar-refractivity contribution in [3.8, 4) is 0 Å². The Morgan fingerprint density at radius 1 is 1.40 bits per heavy atom. The molecule has 4 heteroatoms. The van der Waals surface area contributed by atoms with Crippen molar-refractivity contribution >= 4 is 5.97 Å². The molecule has 3 nitrogen and oxygen atoms in total. The maximum atomic E-state index is 12.7. The number of hydrogen-bond donors (Lipinski definition) is 1. The summed E-state index contributed by atoms with van der Waals surface area (Å²) in [6.07, 6.45) is 0. The van der Waals surface area contributed by atoms with E-state index in [-0.39, 0.29) is 11.7 Å². The molecule has 80 valence electrons. The highest BCUT2D eigenvalue weighted by Gasteiger charge is 2.34. The monoisotopic (exact) mass is 210 g/mol. The highest BCUT2D eigenvalue weighted by Crippen LogP contribution is 2.30. The summed E-state index contributed by atoms with van der Waals surface area (Å²) in [6, 6.07) is 5.61. The quantitative estimate of drug-likeness (QED) is 0.824. The SMILES string of the molecule is O=C(O)C(c1ccc(F)cc1)C1COC1. The van der Waals surface area contributed by atoms with Crippen LogP contribution < -0.4 is 0 Å². The van der Waals surface area contributed by atoms with Crippen LogP contribution in [0.15, 0.2) is 24.3 Å². The molecule has 0 aromatic heterocycles. The second kappa shape index (κ2) is 3.98. The van der Waals surface area contributed by atoms with E-state index in [1.807, 2.05) is 0 Å². The third-order valence-corrected chi connectivity index (χ3v) is 2.63. The zero-order chi connectivity index (χ0) is 10.8. The van der Waals surface area contributed by atoms with Crippen molar-refractivity contribution in [1.29, 1.82) is 0 Å². The molecule has 0 radical (unpaired) electrons. The standard InChI is InChI=1S/C11H11FO3/c12-9-3-1-7(2-4-9)10(11(13)14)8-5-15-6-8/h1-4,8,10H,5-6H2,(H,13,14). The number of benzene rings is 1. The molecule has 1 N–H and O–H groups in total. The summed E-state index contributed by atoms with van der Waals surface area (Å²) in [5.74, 6) is -1.81. The van der Waals surface area contributed by atoms with Gasteiger partial charge < -0.3 is 9.84 Å². The molecule has 1 heterocycles. The van der Waals surface area contributed by atoms with Crippen LogP contribution in [0.5, 0.6) is 0 Å². The normalized spacial score (nSPS) is 18.2. The Morgan fingerprint density at radius 3 is 2.40 bits per heavy atom. The number of halogens is 1. The summed E-state index contributed by atoms with van der Waals surface area (Å²) in [7, 11) is 0. The fraction of sp³-hybridized carbons (Fsp3) is 0.364. The lowest BCUT2D eigenvalue weighted by Gasteiger charge is -2.31. The van der Waals surface area contributed by atoms with Gasteiger partial charge in [-0.15, -0.1) is 0 Å². The summed E-state index contributed by atoms with van der Waals surface area (Å²) in [5.41, 5.74) is 0.636. The molecule has 0 aliphatic carbocycles. The van der Waals surface area contributed by atoms with Crippen molar-refractivity contribution < 1.29 is 19.0 Å². The van der Waals surface area contributed by atoms with Crippen LogP contribution in [0.25, 0.3) is 0 Å². The third kappa shape index (κ3) is 1.99. The first-order chi connectivity index (χ1) is 7.18. The summed E-state index contributed by atoms with van der Waals surface area (Å²) < 4.78 is 17.6. The zero-order valence-corrected chi connectivity index (χ0v) is 8.02. The smallest absolute Gasteiger partial charge is 0.311 e. The Hall–Kier alpha value is -1.42. The Labute approximate surface area is 86.5 Å². The molecule has 15 heavy (non-hydrogen) atoms. The van der Waals surface area contributed by atoms with Crippen LogP contribution in [0.2, 0.25) is 0 Å². The molecular weight excluding hydrogens is 199 g/mol. The number of aliphatic carboxylic acids is 1. The highest BCUT2D eigenvalue weighted by molar-refractivity contribution is 5.76. The molecule has 1 aromatic carbocycles. The predicted octanol–water partition coefficient (Wildman–Crippen LogP) is 1.64. The first-order valence-electron chi connectivity index (χ1n) is 4.74. The van der Waals surface area contributed by atoms with E-state index in [0.29, 0.717) is 18.8 Å². The molecule has 1 saturated heterocycles. The Balaban J connectivity index is 2.23. The van der Waals surface area contributed by atoms with Crippen molar-refractivity contribution in [2.75, 3.05) is 13.2 Å². The Morgan fingerprint density at radius 2 is 2.00 bits per heavy atom. The van der Waals surface area contributed by atoms with Gasteiger partial charge in [0, 0.05) is 5.92 Å². The largest absolute Gasteiger partial charge is 0.481 e. The second-order valence-electron chi connectivity index (χ2n) is 3.66. The minimum atomic E-state index is -0.880. The maximum absolute atomic E-state index is 12.7. The maximum Gasteiger partial charge on any atom is 0.311 e. The van der Waals surface area contributed by atoms with E-state index in [2.05, 4.69) is 0 Å². The van der Waals surface area contributed by atoms with E-state index in [1.165, 1.54) is 24.3 Å². The van der Waals surface area contributed by atoms with Gasteiger partial charge in [-0.2, -0.15) is 0 Å². The topological polar surface area (TPSA) is 46.5 Å². The molecule has 0 spiro atoms. The van der Waals surface area contributed by atoms with Gasteiger partial charge in [-0.25, -0.2) is 4.39 Å². The lowest BCUT2D eigenvalue weighted by molar-refractivity contribution is -0.146. The Kier molecular flexibility index (Phi) is 2.68. The van der Waals surface area contributed by atoms with Crippen molar-refractivity contribution in [1.82, 2.24) is 0 Å². The summed E-state index contributed by atoms with van der Waals surface area (Å²) in [5, 5.41) is 9.08. The van der Waals surface area contributed by atoms with E-state index in [1.54, 1.807) is 0 Å². The van der Waals surface area contributed by atoms with Crippen LogP contribution in [-0.2, 0) is 9.53 Å². The number of carbonyl (C=O) groups is 1. The first-order valence-corrected chi connectivity index (χ1v) is 4.74. The van der Waals surface area contributed by atoms with E-state index >= 15 is 0 Å². The van der Waals surface area contributed by atoms with Crippen LogP contribution in [-0.4, -0.2) is 24.3 Å². The van der Waals surface area contributed by atoms with Gasteiger partial charge >= 0.3 is 5.97 Å². The average molecular weight is 210 g/mol. The van der Waals surface area contributed by atoms with Crippen LogP contribution in [0, 0.1) is 11.7 Å². The number of hydrogen-bond acceptors (Lipinski definition) is 2. The van der Waals surface area contributed by atoms with Crippen LogP contribution >= 0.6 is 0 Å². The molecule has 1 fully saturated rings. The van der Waals surface area contributed by atoms with Gasteiger partial charge in [0.15, 0.2) is 0 Å². The molecule has 1 atom stereocenters. The fourth-order valence-corrected chi connectivity index (χ4v) is 1.73. The van der Waals surface area contributed by atoms with Gasteiger partial charge in [0.05, 0.1) is 19.1 Å². The van der Waals surface area contributed by atoms with Crippen molar-refractivity contribution in [3.05, 3.63) is 35.6 Å². The molecule has 2 rings (SSSR count). The molecule has 1 aliphatic rings. The summed E-state index contributed by atoms with van der Waals surface area (Å²) >= 11 is 0. The first kappa shape index (κ1) is 10.1. The van der Waals surface area contributed by atoms with Gasteiger partial charge in [-0.1, -0.05) is 12.1 Å². The lowest BCUT2D eigenvalue weighted by atomic mass is 9.85. The van der Waals surface area contributed by atoms with Gasteiger partial charge in [0.2, 0.25) is 0 Å². The van der Waals surface area contributed by atoms with Gasteiger partial charge in [0.25, 0.3) is 0 Å². The van der Waals surface area contributed by atoms with Crippen molar-refractivity contribution in [3.63, 3.8) is 0 Å². The van der Waals surface area contributed by atoms with E-state index < -0.39 is 11.9 Å². The number of carboxylic acids is 1. The van der Waals surface area contributed by atoms with E-state index in [4.69, 9.17) is 9.84 Å². The van der Waals surface area contributed by atoms with Crippen molar-refractivity contribution in [2.45, 2.75) is 5.92 Å². The molecule has 1 unspecified atom stereocenters. The van der Waals surface area contributed by atoms with Crippen LogP contribution in [0.4, 0.5) is 4.39 Å². The number of rotatable bonds is 3. The average Bonchev–Trinajstić information content (AvgIpc) is 2.12. The fourth-order valence-electron chi connectivity index (χ4n) is 1.73. The van der Waals surface area contributed by atoms with Crippen LogP contribution in [0.3, 0.4) is 0 Å². The minimum absolute atomic E-state index is 0.00737. The summed E-state index contributed by atoms with van der Waals surface area (Å²) in [6.45, 7) is 0.933. The number of ether oxygens (including phenoxy) is 1. The zero-order valence-electron chi connectivity index (χ0n) is 8.02. The van der Waals surface area contributed by atoms with Gasteiger partial charge in [0.1, 0.15) is 5.82 Å². The van der Waals surface area contributed by atoms with E-state index in [0.717, 1.165) is 0 Å². The number of carboxylic acid groups (broad SMARTS) is 1. The van der Waals surface area contributed by atoms with Crippen molar-refractivity contribution in [2.24, 2.45) is 5.92 Å². The third-order valence-electron chi connectivity index (χ3n) is 2.63.